The first-order chi connectivity index (χ1) is 15.6. The zero-order chi connectivity index (χ0) is 22.5. The molecule has 3 N–H and O–H groups in total. The van der Waals surface area contributed by atoms with Crippen molar-refractivity contribution in [1.82, 2.24) is 9.97 Å². The zero-order valence-corrected chi connectivity index (χ0v) is 18.1. The average molecular weight is 450 g/mol. The fraction of sp³-hybridized carbons (Fsp3) is 0.0870. The van der Waals surface area contributed by atoms with E-state index in [9.17, 15) is 4.79 Å². The standard InChI is InChI=1S/C23H20ClN5O3/c1-31-20-11-18-19(12-21(20)32-2)25-13-26-22(18)27-15-6-8-16(9-7-15)28-23(30)29-17-5-3-4-14(24)10-17/h3-13H,1-2H3,(H,25,26,27)(H2,28,29,30). The maximum Gasteiger partial charge on any atom is 0.323 e. The Morgan fingerprint density at radius 3 is 2.25 bits per heavy atom. The predicted molar refractivity (Wildman–Crippen MR) is 126 cm³/mol. The number of hydrogen-bond acceptors (Lipinski definition) is 6. The Balaban J connectivity index is 1.48. The third-order valence-corrected chi connectivity index (χ3v) is 4.86. The van der Waals surface area contributed by atoms with Gasteiger partial charge < -0.3 is 25.4 Å². The summed E-state index contributed by atoms with van der Waals surface area (Å²) in [5, 5.41) is 10.1. The number of fused-ring (bicyclic) bond motifs is 1. The Kier molecular flexibility index (Phi) is 6.23. The number of nitrogens with zero attached hydrogens (tertiary/aromatic N) is 2. The molecule has 0 fully saturated rings. The van der Waals surface area contributed by atoms with Gasteiger partial charge in [-0.1, -0.05) is 17.7 Å². The summed E-state index contributed by atoms with van der Waals surface area (Å²) < 4.78 is 10.7. The highest BCUT2D eigenvalue weighted by atomic mass is 35.5. The number of amides is 2. The number of urea groups is 1. The van der Waals surface area contributed by atoms with E-state index in [4.69, 9.17) is 21.1 Å². The number of hydrogen-bond donors (Lipinski definition) is 3. The molecule has 0 bridgehead atoms. The molecule has 162 valence electrons. The van der Waals surface area contributed by atoms with E-state index in [1.807, 2.05) is 18.2 Å². The highest BCUT2D eigenvalue weighted by Gasteiger charge is 2.11. The van der Waals surface area contributed by atoms with Gasteiger partial charge in [-0.25, -0.2) is 14.8 Å². The largest absolute Gasteiger partial charge is 0.493 e. The SMILES string of the molecule is COc1cc2ncnc(Nc3ccc(NC(=O)Nc4cccc(Cl)c4)cc3)c2cc1OC. The molecular formula is C23H20ClN5O3. The number of aromatic nitrogens is 2. The number of benzene rings is 3. The molecule has 0 atom stereocenters. The van der Waals surface area contributed by atoms with Crippen molar-refractivity contribution in [3.05, 3.63) is 72.0 Å². The molecule has 0 aliphatic rings. The van der Waals surface area contributed by atoms with Gasteiger partial charge in [-0.2, -0.15) is 0 Å². The minimum absolute atomic E-state index is 0.365. The van der Waals surface area contributed by atoms with Crippen LogP contribution >= 0.6 is 11.6 Å². The van der Waals surface area contributed by atoms with Gasteiger partial charge in [-0.3, -0.25) is 0 Å². The van der Waals surface area contributed by atoms with Crippen molar-refractivity contribution < 1.29 is 14.3 Å². The summed E-state index contributed by atoms with van der Waals surface area (Å²) in [5.41, 5.74) is 2.75. The Hall–Kier alpha value is -4.04. The highest BCUT2D eigenvalue weighted by Crippen LogP contribution is 2.34. The molecule has 0 unspecified atom stereocenters. The molecule has 0 aliphatic carbocycles. The minimum Gasteiger partial charge on any atom is -0.493 e. The van der Waals surface area contributed by atoms with Crippen LogP contribution in [0.15, 0.2) is 67.0 Å². The Morgan fingerprint density at radius 2 is 1.53 bits per heavy atom. The van der Waals surface area contributed by atoms with Gasteiger partial charge >= 0.3 is 6.03 Å². The van der Waals surface area contributed by atoms with E-state index in [2.05, 4.69) is 25.9 Å². The zero-order valence-electron chi connectivity index (χ0n) is 17.3. The van der Waals surface area contributed by atoms with Crippen molar-refractivity contribution in [3.63, 3.8) is 0 Å². The van der Waals surface area contributed by atoms with Crippen LogP contribution in [-0.2, 0) is 0 Å². The van der Waals surface area contributed by atoms with Crippen LogP contribution in [0, 0.1) is 0 Å². The molecule has 4 rings (SSSR count). The summed E-state index contributed by atoms with van der Waals surface area (Å²) in [7, 11) is 3.16. The van der Waals surface area contributed by atoms with Crippen LogP contribution in [0.2, 0.25) is 5.02 Å². The number of carbonyl (C=O) groups is 1. The van der Waals surface area contributed by atoms with Crippen molar-refractivity contribution in [3.8, 4) is 11.5 Å². The van der Waals surface area contributed by atoms with E-state index < -0.39 is 0 Å². The lowest BCUT2D eigenvalue weighted by atomic mass is 10.2. The fourth-order valence-corrected chi connectivity index (χ4v) is 3.31. The topological polar surface area (TPSA) is 97.4 Å². The first-order valence-electron chi connectivity index (χ1n) is 9.63. The molecule has 3 aromatic carbocycles. The molecule has 0 saturated heterocycles. The van der Waals surface area contributed by atoms with E-state index in [-0.39, 0.29) is 6.03 Å². The summed E-state index contributed by atoms with van der Waals surface area (Å²) >= 11 is 5.94. The molecule has 32 heavy (non-hydrogen) atoms. The van der Waals surface area contributed by atoms with Gasteiger partial charge in [0.15, 0.2) is 11.5 Å². The van der Waals surface area contributed by atoms with Gasteiger partial charge in [0.2, 0.25) is 0 Å². The van der Waals surface area contributed by atoms with Gasteiger partial charge in [0.05, 0.1) is 19.7 Å². The van der Waals surface area contributed by atoms with Crippen molar-refractivity contribution in [2.45, 2.75) is 0 Å². The molecule has 1 heterocycles. The number of nitrogens with one attached hydrogen (secondary N) is 3. The number of ether oxygens (including phenoxy) is 2. The Labute approximate surface area is 189 Å². The molecule has 8 nitrogen and oxygen atoms in total. The lowest BCUT2D eigenvalue weighted by Gasteiger charge is -2.12. The number of halogens is 1. The van der Waals surface area contributed by atoms with Crippen molar-refractivity contribution in [1.29, 1.82) is 0 Å². The van der Waals surface area contributed by atoms with Crippen LogP contribution in [0.25, 0.3) is 10.9 Å². The molecule has 0 radical (unpaired) electrons. The lowest BCUT2D eigenvalue weighted by Crippen LogP contribution is -2.19. The van der Waals surface area contributed by atoms with E-state index in [0.29, 0.717) is 33.7 Å². The molecule has 0 saturated carbocycles. The quantitative estimate of drug-likeness (QED) is 0.350. The van der Waals surface area contributed by atoms with Gasteiger partial charge in [0.1, 0.15) is 12.1 Å². The Morgan fingerprint density at radius 1 is 0.844 bits per heavy atom. The first kappa shape index (κ1) is 21.2. The first-order valence-corrected chi connectivity index (χ1v) is 10.0. The van der Waals surface area contributed by atoms with Crippen LogP contribution in [0.1, 0.15) is 0 Å². The molecule has 0 spiro atoms. The summed E-state index contributed by atoms with van der Waals surface area (Å²) in [6.45, 7) is 0. The summed E-state index contributed by atoms with van der Waals surface area (Å²) in [6.07, 6.45) is 1.48. The second-order valence-electron chi connectivity index (χ2n) is 6.74. The van der Waals surface area contributed by atoms with Crippen LogP contribution in [-0.4, -0.2) is 30.2 Å². The highest BCUT2D eigenvalue weighted by molar-refractivity contribution is 6.30. The number of methoxy groups -OCH3 is 2. The molecule has 9 heteroatoms. The summed E-state index contributed by atoms with van der Waals surface area (Å²) in [5.74, 6) is 1.80. The van der Waals surface area contributed by atoms with Crippen molar-refractivity contribution >= 4 is 51.4 Å². The van der Waals surface area contributed by atoms with E-state index in [1.54, 1.807) is 56.7 Å². The van der Waals surface area contributed by atoms with Crippen LogP contribution < -0.4 is 25.4 Å². The van der Waals surface area contributed by atoms with Crippen molar-refractivity contribution in [2.75, 3.05) is 30.2 Å². The second-order valence-corrected chi connectivity index (χ2v) is 7.17. The molecule has 0 aliphatic heterocycles. The lowest BCUT2D eigenvalue weighted by molar-refractivity contribution is 0.262. The summed E-state index contributed by atoms with van der Waals surface area (Å²) in [6, 6.07) is 17.4. The van der Waals surface area contributed by atoms with E-state index in [0.717, 1.165) is 16.6 Å². The smallest absolute Gasteiger partial charge is 0.323 e. The monoisotopic (exact) mass is 449 g/mol. The maximum absolute atomic E-state index is 12.2. The average Bonchev–Trinajstić information content (AvgIpc) is 2.79. The van der Waals surface area contributed by atoms with Crippen LogP contribution in [0.5, 0.6) is 11.5 Å². The minimum atomic E-state index is -0.365. The van der Waals surface area contributed by atoms with Crippen molar-refractivity contribution in [2.24, 2.45) is 0 Å². The molecule has 2 amide bonds. The predicted octanol–water partition coefficient (Wildman–Crippen LogP) is 5.69. The van der Waals surface area contributed by atoms with E-state index in [1.165, 1.54) is 6.33 Å². The van der Waals surface area contributed by atoms with E-state index >= 15 is 0 Å². The number of carbonyl (C=O) groups excluding carboxylic acids is 1. The number of rotatable bonds is 6. The van der Waals surface area contributed by atoms with Crippen LogP contribution in [0.4, 0.5) is 27.7 Å². The molecule has 1 aromatic heterocycles. The van der Waals surface area contributed by atoms with Gasteiger partial charge in [-0.05, 0) is 48.5 Å². The van der Waals surface area contributed by atoms with Gasteiger partial charge in [-0.15, -0.1) is 0 Å². The van der Waals surface area contributed by atoms with Crippen LogP contribution in [0.3, 0.4) is 0 Å². The number of anilines is 4. The second kappa shape index (κ2) is 9.40. The summed E-state index contributed by atoms with van der Waals surface area (Å²) in [4.78, 5) is 20.9. The molecular weight excluding hydrogens is 430 g/mol. The normalized spacial score (nSPS) is 10.5. The fourth-order valence-electron chi connectivity index (χ4n) is 3.12. The molecule has 4 aromatic rings. The van der Waals surface area contributed by atoms with Gasteiger partial charge in [0.25, 0.3) is 0 Å². The third kappa shape index (κ3) is 4.81. The Bertz CT molecular complexity index is 1260. The third-order valence-electron chi connectivity index (χ3n) is 4.63. The maximum atomic E-state index is 12.2. The van der Waals surface area contributed by atoms with Gasteiger partial charge in [0, 0.05) is 33.5 Å².